The van der Waals surface area contributed by atoms with Crippen molar-refractivity contribution < 1.29 is 47.3 Å². The number of hydrogen-bond acceptors (Lipinski definition) is 10. The molecular weight excluding hydrogens is 607 g/mol. The number of methoxy groups -OCH3 is 2. The highest BCUT2D eigenvalue weighted by Gasteiger charge is 2.29. The molecule has 0 bridgehead atoms. The van der Waals surface area contributed by atoms with E-state index >= 15 is 0 Å². The summed E-state index contributed by atoms with van der Waals surface area (Å²) in [5.41, 5.74) is -1.05. The van der Waals surface area contributed by atoms with Crippen LogP contribution in [0.1, 0.15) is 67.2 Å². The first-order valence-corrected chi connectivity index (χ1v) is 16.1. The molecule has 0 unspecified atom stereocenters. The molecule has 2 saturated heterocycles. The van der Waals surface area contributed by atoms with Gasteiger partial charge >= 0.3 is 19.9 Å². The number of ether oxygens (including phenoxy) is 6. The van der Waals surface area contributed by atoms with Gasteiger partial charge in [0.2, 0.25) is 0 Å². The van der Waals surface area contributed by atoms with Gasteiger partial charge in [-0.15, -0.1) is 0 Å². The normalized spacial score (nSPS) is 16.2. The topological polar surface area (TPSA) is 114 Å². The highest BCUT2D eigenvalue weighted by molar-refractivity contribution is 6.20. The Morgan fingerprint density at radius 2 is 0.979 bits per heavy atom. The Hall–Kier alpha value is -4.16. The zero-order valence-electron chi connectivity index (χ0n) is 29.0. The van der Waals surface area contributed by atoms with E-state index in [1.807, 2.05) is 53.7 Å². The molecule has 0 radical (unpaired) electrons. The third-order valence-electron chi connectivity index (χ3n) is 7.50. The smallest absolute Gasteiger partial charge is 0.528 e. The Kier molecular flexibility index (Phi) is 11.9. The van der Waals surface area contributed by atoms with Crippen molar-refractivity contribution in [3.63, 3.8) is 0 Å². The standard InChI is InChI=1S/C34H49BN2O10/c1-33(2,3)44-31(38)36-17-13-23(14-18-36)42-27-11-9-25(21-29(27)40-7)46-35-47-26-10-12-28(30(22-26)41-8)43-24-15-19-37(20-16-24)32(39)45-34(4,5)6/h9-12,21-24,35H,13-20H2,1-8H3. The molecule has 2 aliphatic heterocycles. The van der Waals surface area contributed by atoms with E-state index in [9.17, 15) is 9.59 Å². The molecule has 2 heterocycles. The van der Waals surface area contributed by atoms with Gasteiger partial charge in [0.1, 0.15) is 34.9 Å². The van der Waals surface area contributed by atoms with Crippen molar-refractivity contribution in [3.8, 4) is 34.5 Å². The molecule has 258 valence electrons. The van der Waals surface area contributed by atoms with Crippen LogP contribution < -0.4 is 28.3 Å². The summed E-state index contributed by atoms with van der Waals surface area (Å²) in [6.07, 6.45) is 2.06. The molecule has 2 aromatic carbocycles. The summed E-state index contributed by atoms with van der Waals surface area (Å²) in [5.74, 6) is 3.39. The van der Waals surface area contributed by atoms with Crippen LogP contribution in [0.2, 0.25) is 0 Å². The number of hydrogen-bond donors (Lipinski definition) is 0. The summed E-state index contributed by atoms with van der Waals surface area (Å²) >= 11 is 0. The summed E-state index contributed by atoms with van der Waals surface area (Å²) in [5, 5.41) is 0. The highest BCUT2D eigenvalue weighted by Crippen LogP contribution is 2.35. The molecular formula is C34H49BN2O10. The van der Waals surface area contributed by atoms with Crippen LogP contribution in [0.15, 0.2) is 36.4 Å². The summed E-state index contributed by atoms with van der Waals surface area (Å²) in [6, 6.07) is 10.7. The summed E-state index contributed by atoms with van der Waals surface area (Å²) < 4.78 is 46.2. The number of nitrogens with zero attached hydrogens (tertiary/aromatic N) is 2. The van der Waals surface area contributed by atoms with E-state index in [1.165, 1.54) is 0 Å². The molecule has 2 aliphatic rings. The molecule has 0 atom stereocenters. The fourth-order valence-electron chi connectivity index (χ4n) is 5.16. The molecule has 0 saturated carbocycles. The van der Waals surface area contributed by atoms with Crippen molar-refractivity contribution in [1.82, 2.24) is 9.80 Å². The quantitative estimate of drug-likeness (QED) is 0.283. The van der Waals surface area contributed by atoms with Gasteiger partial charge in [0.25, 0.3) is 0 Å². The van der Waals surface area contributed by atoms with E-state index in [1.54, 1.807) is 48.3 Å². The van der Waals surface area contributed by atoms with Crippen LogP contribution in [0.5, 0.6) is 34.5 Å². The molecule has 2 amide bonds. The number of amides is 2. The lowest BCUT2D eigenvalue weighted by molar-refractivity contribution is 0.0113. The van der Waals surface area contributed by atoms with Crippen molar-refractivity contribution in [2.45, 2.75) is 90.6 Å². The molecule has 12 nitrogen and oxygen atoms in total. The van der Waals surface area contributed by atoms with Crippen LogP contribution >= 0.6 is 0 Å². The average molecular weight is 657 g/mol. The van der Waals surface area contributed by atoms with Gasteiger partial charge in [-0.25, -0.2) is 9.59 Å². The zero-order valence-corrected chi connectivity index (χ0v) is 29.0. The number of carbonyl (C=O) groups is 2. The molecule has 0 aromatic heterocycles. The predicted molar refractivity (Wildman–Crippen MR) is 177 cm³/mol. The molecule has 0 N–H and O–H groups in total. The van der Waals surface area contributed by atoms with E-state index in [0.717, 1.165) is 0 Å². The molecule has 4 rings (SSSR count). The van der Waals surface area contributed by atoms with E-state index < -0.39 is 11.2 Å². The number of benzene rings is 2. The van der Waals surface area contributed by atoms with Gasteiger partial charge in [-0.3, -0.25) is 0 Å². The largest absolute Gasteiger partial charge is 0.576 e. The maximum absolute atomic E-state index is 12.4. The minimum Gasteiger partial charge on any atom is -0.528 e. The fourth-order valence-corrected chi connectivity index (χ4v) is 5.16. The Morgan fingerprint density at radius 3 is 1.30 bits per heavy atom. The Balaban J connectivity index is 1.23. The first-order valence-electron chi connectivity index (χ1n) is 16.1. The van der Waals surface area contributed by atoms with Crippen LogP contribution in [0.3, 0.4) is 0 Å². The third kappa shape index (κ3) is 11.0. The van der Waals surface area contributed by atoms with Crippen LogP contribution in [0.4, 0.5) is 9.59 Å². The van der Waals surface area contributed by atoms with Crippen molar-refractivity contribution in [2.75, 3.05) is 40.4 Å². The van der Waals surface area contributed by atoms with Crippen LogP contribution in [-0.2, 0) is 9.47 Å². The molecule has 0 aliphatic carbocycles. The first-order chi connectivity index (χ1) is 22.2. The second kappa shape index (κ2) is 15.6. The Labute approximate surface area is 278 Å². The SMILES string of the molecule is COc1cc(OBOc2ccc(OC3CCN(C(=O)OC(C)(C)C)CC3)c(OC)c2)ccc1OC1CCN(C(=O)OC(C)(C)C)CC1. The second-order valence-electron chi connectivity index (χ2n) is 13.6. The van der Waals surface area contributed by atoms with Crippen molar-refractivity contribution in [2.24, 2.45) is 0 Å². The third-order valence-corrected chi connectivity index (χ3v) is 7.50. The zero-order chi connectivity index (χ0) is 34.2. The minimum absolute atomic E-state index is 0.0427. The number of carbonyl (C=O) groups excluding carboxylic acids is 2. The van der Waals surface area contributed by atoms with Crippen LogP contribution in [0, 0.1) is 0 Å². The molecule has 2 aromatic rings. The second-order valence-corrected chi connectivity index (χ2v) is 13.6. The molecule has 0 spiro atoms. The molecule has 13 heteroatoms. The fraction of sp³-hybridized carbons (Fsp3) is 0.588. The van der Waals surface area contributed by atoms with Gasteiger partial charge in [0.15, 0.2) is 23.0 Å². The van der Waals surface area contributed by atoms with E-state index in [-0.39, 0.29) is 32.1 Å². The van der Waals surface area contributed by atoms with Crippen molar-refractivity contribution in [1.29, 1.82) is 0 Å². The van der Waals surface area contributed by atoms with Gasteiger partial charge < -0.3 is 47.5 Å². The molecule has 2 fully saturated rings. The van der Waals surface area contributed by atoms with Gasteiger partial charge in [-0.05, 0) is 65.8 Å². The van der Waals surface area contributed by atoms with Gasteiger partial charge in [-0.1, -0.05) is 0 Å². The lowest BCUT2D eigenvalue weighted by Gasteiger charge is -2.33. The number of rotatable bonds is 10. The Morgan fingerprint density at radius 1 is 0.617 bits per heavy atom. The van der Waals surface area contributed by atoms with Gasteiger partial charge in [-0.2, -0.15) is 0 Å². The highest BCUT2D eigenvalue weighted by atomic mass is 16.6. The number of likely N-dealkylation sites (tertiary alicyclic amines) is 2. The van der Waals surface area contributed by atoms with E-state index in [0.29, 0.717) is 86.4 Å². The van der Waals surface area contributed by atoms with Crippen LogP contribution in [0.25, 0.3) is 0 Å². The van der Waals surface area contributed by atoms with E-state index in [2.05, 4.69) is 0 Å². The van der Waals surface area contributed by atoms with Gasteiger partial charge in [0.05, 0.1) is 14.2 Å². The lowest BCUT2D eigenvalue weighted by Crippen LogP contribution is -2.44. The average Bonchev–Trinajstić information content (AvgIpc) is 3.01. The minimum atomic E-state index is -0.523. The van der Waals surface area contributed by atoms with Crippen molar-refractivity contribution in [3.05, 3.63) is 36.4 Å². The van der Waals surface area contributed by atoms with Crippen LogP contribution in [-0.4, -0.2) is 93.5 Å². The van der Waals surface area contributed by atoms with Crippen molar-refractivity contribution >= 4 is 19.9 Å². The summed E-state index contributed by atoms with van der Waals surface area (Å²) in [6.45, 7) is 13.4. The maximum atomic E-state index is 12.4. The van der Waals surface area contributed by atoms with E-state index in [4.69, 9.17) is 37.7 Å². The first kappa shape index (κ1) is 35.7. The summed E-state index contributed by atoms with van der Waals surface area (Å²) in [7, 11) is 3.11. The lowest BCUT2D eigenvalue weighted by atomic mass is 10.1. The summed E-state index contributed by atoms with van der Waals surface area (Å²) in [4.78, 5) is 28.2. The Bertz CT molecular complexity index is 1240. The predicted octanol–water partition coefficient (Wildman–Crippen LogP) is 5.98. The maximum Gasteiger partial charge on any atom is 0.576 e. The molecule has 47 heavy (non-hydrogen) atoms. The monoisotopic (exact) mass is 656 g/mol. The number of piperidine rings is 2. The van der Waals surface area contributed by atoms with Gasteiger partial charge in [0, 0.05) is 64.0 Å².